The Labute approximate surface area is 153 Å². The number of nitrogens with one attached hydrogen (secondary N) is 1. The topological polar surface area (TPSA) is 94.5 Å². The average molecular weight is 364 g/mol. The molecule has 0 aliphatic heterocycles. The first-order chi connectivity index (χ1) is 12.6. The zero-order chi connectivity index (χ0) is 18.1. The van der Waals surface area contributed by atoms with Gasteiger partial charge in [-0.1, -0.05) is 42.5 Å². The highest BCUT2D eigenvalue weighted by Gasteiger charge is 2.14. The summed E-state index contributed by atoms with van der Waals surface area (Å²) < 4.78 is 3.21. The third-order valence-electron chi connectivity index (χ3n) is 4.21. The number of benzene rings is 2. The molecule has 0 fully saturated rings. The third-order valence-corrected chi connectivity index (χ3v) is 4.50. The van der Waals surface area contributed by atoms with Crippen molar-refractivity contribution in [3.05, 3.63) is 86.8 Å². The zero-order valence-corrected chi connectivity index (χ0v) is 14.6. The minimum absolute atomic E-state index is 0.165. The van der Waals surface area contributed by atoms with E-state index < -0.39 is 0 Å². The van der Waals surface area contributed by atoms with Gasteiger partial charge in [-0.15, -0.1) is 0 Å². The van der Waals surface area contributed by atoms with E-state index in [0.717, 1.165) is 16.6 Å². The molecular weight excluding hydrogens is 348 g/mol. The second kappa shape index (κ2) is 6.57. The van der Waals surface area contributed by atoms with Crippen molar-refractivity contribution in [3.63, 3.8) is 0 Å². The molecule has 0 saturated carbocycles. The van der Waals surface area contributed by atoms with Gasteiger partial charge in [0, 0.05) is 6.42 Å². The Morgan fingerprint density at radius 3 is 2.54 bits per heavy atom. The molecule has 26 heavy (non-hydrogen) atoms. The number of hydrogen-bond donors (Lipinski definition) is 2. The Morgan fingerprint density at radius 1 is 1.08 bits per heavy atom. The van der Waals surface area contributed by atoms with E-state index in [9.17, 15) is 4.79 Å². The summed E-state index contributed by atoms with van der Waals surface area (Å²) in [6.45, 7) is 0.202. The summed E-state index contributed by atoms with van der Waals surface area (Å²) in [4.78, 5) is 17.7. The van der Waals surface area contributed by atoms with Crippen LogP contribution in [0.4, 0.5) is 0 Å². The van der Waals surface area contributed by atoms with Gasteiger partial charge in [0.2, 0.25) is 4.77 Å². The van der Waals surface area contributed by atoms with Crippen LogP contribution in [0.25, 0.3) is 11.0 Å². The van der Waals surface area contributed by atoms with Crippen molar-refractivity contribution in [2.45, 2.75) is 13.0 Å². The van der Waals surface area contributed by atoms with Crippen molar-refractivity contribution in [1.29, 1.82) is 0 Å². The second-order valence-electron chi connectivity index (χ2n) is 5.92. The van der Waals surface area contributed by atoms with Crippen LogP contribution < -0.4 is 11.4 Å². The molecule has 0 aliphatic carbocycles. The van der Waals surface area contributed by atoms with Crippen LogP contribution in [0, 0.1) is 4.77 Å². The Kier molecular flexibility index (Phi) is 4.10. The molecule has 0 bridgehead atoms. The lowest BCUT2D eigenvalue weighted by Gasteiger charge is -2.12. The van der Waals surface area contributed by atoms with Gasteiger partial charge >= 0.3 is 0 Å². The molecule has 2 aromatic carbocycles. The maximum Gasteiger partial charge on any atom is 0.273 e. The summed E-state index contributed by atoms with van der Waals surface area (Å²) in [5.74, 6) is 6.37. The summed E-state index contributed by atoms with van der Waals surface area (Å²) in [5, 5.41) is 6.75. The highest BCUT2D eigenvalue weighted by atomic mass is 32.1. The van der Waals surface area contributed by atoms with E-state index in [-0.39, 0.29) is 12.1 Å². The lowest BCUT2D eigenvalue weighted by atomic mass is 10.1. The molecule has 0 atom stereocenters. The number of fused-ring (bicyclic) bond motifs is 1. The van der Waals surface area contributed by atoms with Gasteiger partial charge < -0.3 is 5.84 Å². The van der Waals surface area contributed by atoms with E-state index >= 15 is 0 Å². The number of nitrogens with two attached hydrogens (primary N) is 1. The predicted octanol–water partition coefficient (Wildman–Crippen LogP) is 2.00. The molecule has 0 saturated heterocycles. The molecule has 0 aliphatic rings. The highest BCUT2D eigenvalue weighted by Crippen LogP contribution is 2.13. The summed E-state index contributed by atoms with van der Waals surface area (Å²) in [7, 11) is 0. The van der Waals surface area contributed by atoms with Gasteiger partial charge in [0.25, 0.3) is 5.56 Å². The first-order valence-electron chi connectivity index (χ1n) is 8.07. The van der Waals surface area contributed by atoms with Crippen LogP contribution in [0.5, 0.6) is 0 Å². The van der Waals surface area contributed by atoms with Crippen molar-refractivity contribution in [3.8, 4) is 0 Å². The average Bonchev–Trinajstić information content (AvgIpc) is 2.98. The van der Waals surface area contributed by atoms with Crippen molar-refractivity contribution in [2.24, 2.45) is 0 Å². The lowest BCUT2D eigenvalue weighted by molar-refractivity contribution is 0.699. The van der Waals surface area contributed by atoms with Crippen molar-refractivity contribution in [2.75, 3.05) is 5.84 Å². The van der Waals surface area contributed by atoms with Crippen LogP contribution in [0.1, 0.15) is 17.1 Å². The normalized spacial score (nSPS) is 11.1. The van der Waals surface area contributed by atoms with Gasteiger partial charge in [-0.2, -0.15) is 5.10 Å². The van der Waals surface area contributed by atoms with E-state index in [1.165, 1.54) is 4.68 Å². The van der Waals surface area contributed by atoms with Gasteiger partial charge in [-0.3, -0.25) is 14.5 Å². The number of hydrogen-bond acceptors (Lipinski definition) is 5. The molecule has 0 unspecified atom stereocenters. The Balaban J connectivity index is 1.87. The number of rotatable bonds is 4. The lowest BCUT2D eigenvalue weighted by Crippen LogP contribution is -2.28. The number of nitrogens with zero attached hydrogens (tertiary/aromatic N) is 4. The molecule has 2 aromatic heterocycles. The molecule has 3 N–H and O–H groups in total. The maximum atomic E-state index is 13.1. The van der Waals surface area contributed by atoms with E-state index in [0.29, 0.717) is 22.7 Å². The number of aromatic nitrogens is 5. The van der Waals surface area contributed by atoms with Gasteiger partial charge in [0.05, 0.1) is 17.6 Å². The molecule has 0 amide bonds. The number of nitrogen functional groups attached to an aromatic ring is 1. The quantitative estimate of drug-likeness (QED) is 0.427. The molecule has 7 nitrogen and oxygen atoms in total. The van der Waals surface area contributed by atoms with Crippen molar-refractivity contribution < 1.29 is 0 Å². The molecular formula is C18H16N6OS. The van der Waals surface area contributed by atoms with Crippen LogP contribution in [0.3, 0.4) is 0 Å². The van der Waals surface area contributed by atoms with E-state index in [1.54, 1.807) is 4.57 Å². The molecule has 8 heteroatoms. The number of para-hydroxylation sites is 2. The SMILES string of the molecule is Nn1c(Cn2c(=O)c(Cc3ccccc3)nc3ccccc32)n[nH]c1=S. The van der Waals surface area contributed by atoms with Crippen LogP contribution in [-0.4, -0.2) is 24.4 Å². The fraction of sp³-hybridized carbons (Fsp3) is 0.111. The third kappa shape index (κ3) is 2.91. The zero-order valence-electron chi connectivity index (χ0n) is 13.8. The van der Waals surface area contributed by atoms with E-state index in [2.05, 4.69) is 15.2 Å². The minimum atomic E-state index is -0.165. The first kappa shape index (κ1) is 16.2. The molecule has 130 valence electrons. The Hall–Kier alpha value is -3.26. The monoisotopic (exact) mass is 364 g/mol. The fourth-order valence-corrected chi connectivity index (χ4v) is 3.05. The molecule has 0 radical (unpaired) electrons. The molecule has 0 spiro atoms. The fourth-order valence-electron chi connectivity index (χ4n) is 2.90. The summed E-state index contributed by atoms with van der Waals surface area (Å²) in [6, 6.07) is 17.3. The van der Waals surface area contributed by atoms with Crippen LogP contribution in [0.15, 0.2) is 59.4 Å². The van der Waals surface area contributed by atoms with Gasteiger partial charge in [-0.25, -0.2) is 9.66 Å². The largest absolute Gasteiger partial charge is 0.335 e. The smallest absolute Gasteiger partial charge is 0.273 e. The van der Waals surface area contributed by atoms with Crippen molar-refractivity contribution in [1.82, 2.24) is 24.4 Å². The Bertz CT molecular complexity index is 1190. The molecule has 4 aromatic rings. The Morgan fingerprint density at radius 2 is 1.81 bits per heavy atom. The summed E-state index contributed by atoms with van der Waals surface area (Å²) >= 11 is 5.05. The summed E-state index contributed by atoms with van der Waals surface area (Å²) in [6.07, 6.45) is 0.458. The van der Waals surface area contributed by atoms with Gasteiger partial charge in [-0.05, 0) is 29.9 Å². The first-order valence-corrected chi connectivity index (χ1v) is 8.48. The van der Waals surface area contributed by atoms with Crippen molar-refractivity contribution >= 4 is 23.3 Å². The van der Waals surface area contributed by atoms with Gasteiger partial charge in [0.1, 0.15) is 5.69 Å². The molecule has 4 rings (SSSR count). The standard InChI is InChI=1S/C18H16N6OS/c19-24-16(21-22-18(24)26)11-23-15-9-5-4-8-13(15)20-14(17(23)25)10-12-6-2-1-3-7-12/h1-9H,10-11,19H2,(H,22,26). The second-order valence-corrected chi connectivity index (χ2v) is 6.30. The van der Waals surface area contributed by atoms with Crippen LogP contribution in [-0.2, 0) is 13.0 Å². The highest BCUT2D eigenvalue weighted by molar-refractivity contribution is 7.71. The summed E-state index contributed by atoms with van der Waals surface area (Å²) in [5.41, 5.74) is 2.81. The molecule has 2 heterocycles. The van der Waals surface area contributed by atoms with E-state index in [1.807, 2.05) is 54.6 Å². The number of H-pyrrole nitrogens is 1. The van der Waals surface area contributed by atoms with Crippen LogP contribution >= 0.6 is 12.2 Å². The van der Waals surface area contributed by atoms with Gasteiger partial charge in [0.15, 0.2) is 5.82 Å². The maximum absolute atomic E-state index is 13.1. The number of aromatic amines is 1. The predicted molar refractivity (Wildman–Crippen MR) is 102 cm³/mol. The van der Waals surface area contributed by atoms with Crippen LogP contribution in [0.2, 0.25) is 0 Å². The minimum Gasteiger partial charge on any atom is -0.335 e. The van der Waals surface area contributed by atoms with E-state index in [4.69, 9.17) is 18.1 Å².